The molecule has 1 aliphatic heterocycles. The van der Waals surface area contributed by atoms with Gasteiger partial charge in [-0.3, -0.25) is 9.13 Å². The first kappa shape index (κ1) is 21.6. The van der Waals surface area contributed by atoms with Crippen molar-refractivity contribution in [3.05, 3.63) is 0 Å². The van der Waals surface area contributed by atoms with Crippen LogP contribution in [-0.4, -0.2) is 62.4 Å². The molecule has 5 N–H and O–H groups in total. The molecule has 0 bridgehead atoms. The van der Waals surface area contributed by atoms with Gasteiger partial charge in [0.1, 0.15) is 24.9 Å². The number of hydrogen-bond donors (Lipinski definition) is 5. The van der Waals surface area contributed by atoms with Crippen LogP contribution in [0.1, 0.15) is 0 Å². The molecular weight excluding hydrogens is 381 g/mol. The molecule has 0 saturated carbocycles. The van der Waals surface area contributed by atoms with Crippen LogP contribution in [0.15, 0.2) is 0 Å². The summed E-state index contributed by atoms with van der Waals surface area (Å²) in [7, 11) is -10.3. The van der Waals surface area contributed by atoms with E-state index in [4.69, 9.17) is 9.79 Å². The Bertz CT molecular complexity index is 433. The van der Waals surface area contributed by atoms with Crippen molar-refractivity contribution >= 4 is 15.6 Å². The first-order valence-corrected chi connectivity index (χ1v) is 7.96. The van der Waals surface area contributed by atoms with Gasteiger partial charge >= 0.3 is 17.1 Å². The molecular formula is C6H12MnO12P2. The third-order valence-electron chi connectivity index (χ3n) is 2.36. The van der Waals surface area contributed by atoms with E-state index in [1.807, 2.05) is 0 Å². The second kappa shape index (κ2) is 7.43. The zero-order chi connectivity index (χ0) is 15.8. The molecule has 15 heteroatoms. The van der Waals surface area contributed by atoms with Crippen molar-refractivity contribution in [2.75, 3.05) is 13.2 Å². The number of aliphatic hydroxyl groups is 3. The maximum absolute atomic E-state index is 10.4. The number of rotatable bonds is 6. The Kier molecular flexibility index (Phi) is 7.64. The van der Waals surface area contributed by atoms with Crippen LogP contribution in [0.3, 0.4) is 0 Å². The van der Waals surface area contributed by atoms with Crippen LogP contribution in [0.2, 0.25) is 0 Å². The summed E-state index contributed by atoms with van der Waals surface area (Å²) in [5.41, 5.74) is 0. The zero-order valence-electron chi connectivity index (χ0n) is 10.0. The number of phosphoric acid groups is 2. The predicted octanol–water partition coefficient (Wildman–Crippen LogP) is -4.25. The third-order valence-corrected chi connectivity index (χ3v) is 3.29. The molecule has 1 heterocycles. The van der Waals surface area contributed by atoms with Crippen LogP contribution in [-0.2, 0) is 40.0 Å². The fourth-order valence-electron chi connectivity index (χ4n) is 1.47. The fourth-order valence-corrected chi connectivity index (χ4v) is 2.15. The Balaban J connectivity index is 0.00000400. The van der Waals surface area contributed by atoms with Crippen molar-refractivity contribution in [2.45, 2.75) is 24.1 Å². The van der Waals surface area contributed by atoms with Gasteiger partial charge in [0.05, 0.1) is 6.61 Å². The van der Waals surface area contributed by atoms with Gasteiger partial charge in [0.25, 0.3) is 15.6 Å². The minimum atomic E-state index is -5.22. The van der Waals surface area contributed by atoms with Gasteiger partial charge in [0.2, 0.25) is 5.79 Å². The maximum atomic E-state index is 10.4. The van der Waals surface area contributed by atoms with Crippen molar-refractivity contribution in [3.8, 4) is 0 Å². The Hall–Kier alpha value is 0.579. The predicted molar refractivity (Wildman–Crippen MR) is 53.4 cm³/mol. The number of ether oxygens (including phenoxy) is 1. The summed E-state index contributed by atoms with van der Waals surface area (Å²) >= 11 is 0. The molecule has 1 rings (SSSR count). The summed E-state index contributed by atoms with van der Waals surface area (Å²) in [6.07, 6.45) is -5.54. The van der Waals surface area contributed by atoms with Crippen LogP contribution in [0, 0.1) is 0 Å². The Morgan fingerprint density at radius 1 is 1.14 bits per heavy atom. The van der Waals surface area contributed by atoms with Crippen LogP contribution in [0.25, 0.3) is 0 Å². The Labute approximate surface area is 128 Å². The van der Waals surface area contributed by atoms with Crippen molar-refractivity contribution in [3.63, 3.8) is 0 Å². The summed E-state index contributed by atoms with van der Waals surface area (Å²) in [5.74, 6) is -2.72. The van der Waals surface area contributed by atoms with Gasteiger partial charge < -0.3 is 48.7 Å². The van der Waals surface area contributed by atoms with Gasteiger partial charge in [-0.2, -0.15) is 0 Å². The molecule has 0 spiro atoms. The zero-order valence-corrected chi connectivity index (χ0v) is 13.0. The summed E-state index contributed by atoms with van der Waals surface area (Å²) in [4.78, 5) is 37.4. The van der Waals surface area contributed by atoms with E-state index >= 15 is 0 Å². The minimum Gasteiger partial charge on any atom is -0.756 e. The molecule has 6 atom stereocenters. The van der Waals surface area contributed by atoms with Crippen LogP contribution in [0.5, 0.6) is 0 Å². The second-order valence-corrected chi connectivity index (χ2v) is 6.33. The standard InChI is InChI=1S/C6H14O12P2.Mn/c7-4-3(1-16-19(10,11)12)18-6(9,5(4)8)2-17-20(13,14)15;/h3-5,7-9H,1-2H2,(H2,10,11,12)(H2,13,14,15);/q;+2/p-2/t3-,4-,5+,6-;/m1./s1. The average molecular weight is 393 g/mol. The van der Waals surface area contributed by atoms with Crippen molar-refractivity contribution in [1.82, 2.24) is 0 Å². The first-order valence-electron chi connectivity index (χ1n) is 4.97. The number of hydrogen-bond acceptors (Lipinski definition) is 10. The normalized spacial score (nSPS) is 38.3. The molecule has 1 saturated heterocycles. The summed E-state index contributed by atoms with van der Waals surface area (Å²) in [6.45, 7) is -2.21. The van der Waals surface area contributed by atoms with Gasteiger partial charge in [0, 0.05) is 0 Å². The molecule has 125 valence electrons. The van der Waals surface area contributed by atoms with E-state index in [9.17, 15) is 34.2 Å². The molecule has 0 aromatic carbocycles. The van der Waals surface area contributed by atoms with Crippen molar-refractivity contribution in [2.24, 2.45) is 0 Å². The van der Waals surface area contributed by atoms with Crippen molar-refractivity contribution in [1.29, 1.82) is 0 Å². The largest absolute Gasteiger partial charge is 2.00 e. The van der Waals surface area contributed by atoms with Crippen LogP contribution < -0.4 is 9.79 Å². The van der Waals surface area contributed by atoms with E-state index in [0.717, 1.165) is 0 Å². The summed E-state index contributed by atoms with van der Waals surface area (Å²) in [6, 6.07) is 0. The van der Waals surface area contributed by atoms with Gasteiger partial charge in [-0.1, -0.05) is 0 Å². The topological polar surface area (TPSA) is 209 Å². The number of phosphoric ester groups is 2. The quantitative estimate of drug-likeness (QED) is 0.215. The number of aliphatic hydroxyl groups excluding tert-OH is 2. The minimum absolute atomic E-state index is 0. The van der Waals surface area contributed by atoms with Crippen LogP contribution >= 0.6 is 15.6 Å². The molecule has 0 aromatic heterocycles. The molecule has 0 aliphatic carbocycles. The first-order chi connectivity index (χ1) is 8.84. The molecule has 1 aliphatic rings. The van der Waals surface area contributed by atoms with E-state index < -0.39 is 53.0 Å². The fraction of sp³-hybridized carbons (Fsp3) is 1.00. The van der Waals surface area contributed by atoms with E-state index in [2.05, 4.69) is 13.8 Å². The third kappa shape index (κ3) is 6.69. The molecule has 21 heavy (non-hydrogen) atoms. The Morgan fingerprint density at radius 3 is 2.05 bits per heavy atom. The van der Waals surface area contributed by atoms with Gasteiger partial charge in [-0.15, -0.1) is 0 Å². The SMILES string of the molecule is O=P([O-])(O)OC[C@H]1O[C@](O)(COP(=O)([O-])O)[C@@H](O)[C@@H]1O.[Mn+2]. The van der Waals surface area contributed by atoms with Crippen LogP contribution in [0.4, 0.5) is 0 Å². The van der Waals surface area contributed by atoms with Gasteiger partial charge in [-0.25, -0.2) is 0 Å². The maximum Gasteiger partial charge on any atom is 2.00 e. The van der Waals surface area contributed by atoms with Gasteiger partial charge in [-0.05, 0) is 0 Å². The second-order valence-electron chi connectivity index (χ2n) is 3.94. The van der Waals surface area contributed by atoms with E-state index in [-0.39, 0.29) is 17.1 Å². The molecule has 0 amide bonds. The molecule has 1 fully saturated rings. The molecule has 1 radical (unpaired) electrons. The smallest absolute Gasteiger partial charge is 0.756 e. The Morgan fingerprint density at radius 2 is 1.62 bits per heavy atom. The van der Waals surface area contributed by atoms with Crippen molar-refractivity contribution < 1.29 is 74.9 Å². The molecule has 2 unspecified atom stereocenters. The molecule has 0 aromatic rings. The van der Waals surface area contributed by atoms with Gasteiger partial charge in [0.15, 0.2) is 0 Å². The average Bonchev–Trinajstić information content (AvgIpc) is 2.48. The van der Waals surface area contributed by atoms with E-state index in [0.29, 0.717) is 0 Å². The van der Waals surface area contributed by atoms with E-state index in [1.54, 1.807) is 0 Å². The molecule has 12 nitrogen and oxygen atoms in total. The van der Waals surface area contributed by atoms with E-state index in [1.165, 1.54) is 0 Å². The summed E-state index contributed by atoms with van der Waals surface area (Å²) in [5, 5.41) is 28.6. The summed E-state index contributed by atoms with van der Waals surface area (Å²) < 4.78 is 33.1. The monoisotopic (exact) mass is 393 g/mol.